The number of hydrogen-bond acceptors (Lipinski definition) is 7. The van der Waals surface area contributed by atoms with Gasteiger partial charge in [-0.1, -0.05) is 11.8 Å². The number of ketones is 1. The topological polar surface area (TPSA) is 61.8 Å². The summed E-state index contributed by atoms with van der Waals surface area (Å²) in [6.45, 7) is 3.55. The fraction of sp³-hybridized carbons (Fsp3) is 0.357. The minimum atomic E-state index is -0.505. The van der Waals surface area contributed by atoms with E-state index in [0.29, 0.717) is 22.3 Å². The SMILES string of the molecule is CCOC(=S)SCC(=O)c1ccc(OC)cc1OC(C)=O. The molecule has 0 amide bonds. The number of esters is 1. The predicted octanol–water partition coefficient (Wildman–Crippen LogP) is 2.86. The van der Waals surface area contributed by atoms with E-state index in [0.717, 1.165) is 11.8 Å². The lowest BCUT2D eigenvalue weighted by Gasteiger charge is -2.10. The molecular weight excluding hydrogens is 312 g/mol. The number of carbonyl (C=O) groups excluding carboxylic acids is 2. The minimum absolute atomic E-state index is 0.111. The Labute approximate surface area is 132 Å². The number of benzene rings is 1. The van der Waals surface area contributed by atoms with Gasteiger partial charge in [0.15, 0.2) is 5.78 Å². The van der Waals surface area contributed by atoms with E-state index in [1.54, 1.807) is 12.1 Å². The molecule has 0 saturated carbocycles. The Hall–Kier alpha value is -1.60. The van der Waals surface area contributed by atoms with E-state index >= 15 is 0 Å². The molecule has 0 N–H and O–H groups in total. The number of methoxy groups -OCH3 is 1. The molecule has 0 heterocycles. The first kappa shape index (κ1) is 17.5. The smallest absolute Gasteiger partial charge is 0.308 e. The second-order valence-corrected chi connectivity index (χ2v) is 5.43. The molecule has 0 aliphatic rings. The molecule has 0 aromatic heterocycles. The van der Waals surface area contributed by atoms with Crippen LogP contribution in [0.15, 0.2) is 18.2 Å². The zero-order valence-electron chi connectivity index (χ0n) is 12.0. The summed E-state index contributed by atoms with van der Waals surface area (Å²) < 4.78 is 15.5. The molecule has 1 aromatic rings. The molecule has 1 rings (SSSR count). The fourth-order valence-corrected chi connectivity index (χ4v) is 2.36. The van der Waals surface area contributed by atoms with Gasteiger partial charge < -0.3 is 14.2 Å². The number of Topliss-reactive ketones (excluding diaryl/α,β-unsaturated/α-hetero) is 1. The van der Waals surface area contributed by atoms with E-state index in [9.17, 15) is 9.59 Å². The van der Waals surface area contributed by atoms with Crippen LogP contribution in [0.1, 0.15) is 24.2 Å². The van der Waals surface area contributed by atoms with E-state index in [4.69, 9.17) is 26.4 Å². The summed E-state index contributed by atoms with van der Waals surface area (Å²) in [5.41, 5.74) is 0.304. The Morgan fingerprint density at radius 2 is 2.05 bits per heavy atom. The number of thioether (sulfide) groups is 1. The number of thiocarbonyl (C=S) groups is 1. The van der Waals surface area contributed by atoms with Crippen LogP contribution in [0.25, 0.3) is 0 Å². The zero-order valence-corrected chi connectivity index (χ0v) is 13.6. The summed E-state index contributed by atoms with van der Waals surface area (Å²) in [4.78, 5) is 23.3. The molecule has 7 heteroatoms. The first-order chi connectivity index (χ1) is 9.97. The number of carbonyl (C=O) groups is 2. The Morgan fingerprint density at radius 3 is 2.62 bits per heavy atom. The van der Waals surface area contributed by atoms with E-state index in [-0.39, 0.29) is 17.3 Å². The van der Waals surface area contributed by atoms with Crippen LogP contribution in [0.4, 0.5) is 0 Å². The molecule has 0 unspecified atom stereocenters. The minimum Gasteiger partial charge on any atom is -0.497 e. The van der Waals surface area contributed by atoms with Gasteiger partial charge in [-0.3, -0.25) is 9.59 Å². The molecule has 0 radical (unpaired) electrons. The summed E-state index contributed by atoms with van der Waals surface area (Å²) in [6, 6.07) is 4.69. The van der Waals surface area contributed by atoms with Crippen LogP contribution in [-0.2, 0) is 9.53 Å². The van der Waals surface area contributed by atoms with E-state index < -0.39 is 5.97 Å². The average Bonchev–Trinajstić information content (AvgIpc) is 2.44. The lowest BCUT2D eigenvalue weighted by molar-refractivity contribution is -0.131. The highest BCUT2D eigenvalue weighted by molar-refractivity contribution is 8.23. The Kier molecular flexibility index (Phi) is 7.18. The number of ether oxygens (including phenoxy) is 3. The summed E-state index contributed by atoms with van der Waals surface area (Å²) in [7, 11) is 1.49. The highest BCUT2D eigenvalue weighted by Gasteiger charge is 2.16. The lowest BCUT2D eigenvalue weighted by Crippen LogP contribution is -2.11. The van der Waals surface area contributed by atoms with E-state index in [1.807, 2.05) is 6.92 Å². The van der Waals surface area contributed by atoms with Crippen molar-refractivity contribution in [3.63, 3.8) is 0 Å². The van der Waals surface area contributed by atoms with Crippen LogP contribution in [-0.4, -0.2) is 35.6 Å². The Balaban J connectivity index is 2.86. The van der Waals surface area contributed by atoms with Gasteiger partial charge in [-0.2, -0.15) is 0 Å². The first-order valence-corrected chi connectivity index (χ1v) is 7.56. The van der Waals surface area contributed by atoms with Crippen molar-refractivity contribution < 1.29 is 23.8 Å². The highest BCUT2D eigenvalue weighted by Crippen LogP contribution is 2.26. The van der Waals surface area contributed by atoms with Crippen molar-refractivity contribution in [1.29, 1.82) is 0 Å². The van der Waals surface area contributed by atoms with Crippen LogP contribution >= 0.6 is 24.0 Å². The molecule has 0 aliphatic carbocycles. The standard InChI is InChI=1S/C14H16O5S2/c1-4-18-14(20)21-8-12(16)11-6-5-10(17-3)7-13(11)19-9(2)15/h5-7H,4,8H2,1-3H3. The highest BCUT2D eigenvalue weighted by atomic mass is 32.2. The van der Waals surface area contributed by atoms with Crippen LogP contribution < -0.4 is 9.47 Å². The van der Waals surface area contributed by atoms with Gasteiger partial charge in [-0.15, -0.1) is 0 Å². The van der Waals surface area contributed by atoms with Gasteiger partial charge in [-0.25, -0.2) is 0 Å². The molecule has 114 valence electrons. The zero-order chi connectivity index (χ0) is 15.8. The van der Waals surface area contributed by atoms with Crippen molar-refractivity contribution in [3.8, 4) is 11.5 Å². The first-order valence-electron chi connectivity index (χ1n) is 6.17. The average molecular weight is 328 g/mol. The van der Waals surface area contributed by atoms with Gasteiger partial charge in [0.05, 0.1) is 25.0 Å². The van der Waals surface area contributed by atoms with E-state index in [2.05, 4.69) is 0 Å². The second kappa shape index (κ2) is 8.63. The second-order valence-electron chi connectivity index (χ2n) is 3.85. The lowest BCUT2D eigenvalue weighted by atomic mass is 10.1. The molecule has 0 fully saturated rings. The largest absolute Gasteiger partial charge is 0.497 e. The van der Waals surface area contributed by atoms with Crippen LogP contribution in [0.3, 0.4) is 0 Å². The maximum absolute atomic E-state index is 12.2. The Morgan fingerprint density at radius 1 is 1.33 bits per heavy atom. The quantitative estimate of drug-likeness (QED) is 0.344. The van der Waals surface area contributed by atoms with Gasteiger partial charge in [0.1, 0.15) is 11.5 Å². The third-order valence-electron chi connectivity index (χ3n) is 2.33. The molecule has 0 atom stereocenters. The molecule has 21 heavy (non-hydrogen) atoms. The fourth-order valence-electron chi connectivity index (χ4n) is 1.46. The number of rotatable bonds is 6. The molecule has 1 aromatic carbocycles. The summed E-state index contributed by atoms with van der Waals surface area (Å²) in [5, 5.41) is 0. The maximum atomic E-state index is 12.2. The van der Waals surface area contributed by atoms with Crippen LogP contribution in [0.2, 0.25) is 0 Å². The van der Waals surface area contributed by atoms with Gasteiger partial charge in [-0.05, 0) is 31.3 Å². The molecule has 0 aliphatic heterocycles. The molecular formula is C14H16O5S2. The molecule has 0 saturated heterocycles. The molecule has 0 bridgehead atoms. The Bertz CT molecular complexity index is 542. The third-order valence-corrected chi connectivity index (χ3v) is 3.56. The summed E-state index contributed by atoms with van der Waals surface area (Å²) >= 11 is 6.08. The summed E-state index contributed by atoms with van der Waals surface area (Å²) in [6.07, 6.45) is 0. The van der Waals surface area contributed by atoms with Crippen molar-refractivity contribution in [2.24, 2.45) is 0 Å². The van der Waals surface area contributed by atoms with Crippen molar-refractivity contribution in [1.82, 2.24) is 0 Å². The van der Waals surface area contributed by atoms with Crippen LogP contribution in [0, 0.1) is 0 Å². The maximum Gasteiger partial charge on any atom is 0.308 e. The van der Waals surface area contributed by atoms with Gasteiger partial charge >= 0.3 is 5.97 Å². The predicted molar refractivity (Wildman–Crippen MR) is 85.3 cm³/mol. The van der Waals surface area contributed by atoms with Crippen molar-refractivity contribution in [2.75, 3.05) is 19.5 Å². The van der Waals surface area contributed by atoms with Crippen molar-refractivity contribution in [2.45, 2.75) is 13.8 Å². The molecule has 5 nitrogen and oxygen atoms in total. The molecule has 0 spiro atoms. The number of hydrogen-bond donors (Lipinski definition) is 0. The van der Waals surface area contributed by atoms with Gasteiger partial charge in [0.25, 0.3) is 0 Å². The van der Waals surface area contributed by atoms with Crippen molar-refractivity contribution >= 4 is 40.1 Å². The van der Waals surface area contributed by atoms with Crippen LogP contribution in [0.5, 0.6) is 11.5 Å². The van der Waals surface area contributed by atoms with Crippen molar-refractivity contribution in [3.05, 3.63) is 23.8 Å². The monoisotopic (exact) mass is 328 g/mol. The van der Waals surface area contributed by atoms with Gasteiger partial charge in [0.2, 0.25) is 4.38 Å². The third kappa shape index (κ3) is 5.73. The summed E-state index contributed by atoms with van der Waals surface area (Å²) in [5.74, 6) is 0.0743. The van der Waals surface area contributed by atoms with E-state index in [1.165, 1.54) is 20.1 Å². The normalized spacial score (nSPS) is 9.86. The van der Waals surface area contributed by atoms with Gasteiger partial charge in [0, 0.05) is 13.0 Å².